The Bertz CT molecular complexity index is 686. The zero-order chi connectivity index (χ0) is 15.2. The highest BCUT2D eigenvalue weighted by molar-refractivity contribution is 8.13. The summed E-state index contributed by atoms with van der Waals surface area (Å²) in [7, 11) is 1.66. The van der Waals surface area contributed by atoms with Crippen LogP contribution < -0.4 is 0 Å². The van der Waals surface area contributed by atoms with Crippen molar-refractivity contribution in [1.29, 1.82) is 0 Å². The molecule has 2 bridgehead atoms. The van der Waals surface area contributed by atoms with E-state index >= 15 is 0 Å². The van der Waals surface area contributed by atoms with Gasteiger partial charge in [0.15, 0.2) is 0 Å². The van der Waals surface area contributed by atoms with E-state index in [1.165, 1.54) is 12.5 Å². The lowest BCUT2D eigenvalue weighted by molar-refractivity contribution is 0.0703. The SMILES string of the molecule is CCc1ccc(C(=O)N2CC3CCC2C3)cc1S(=O)(=O)Cl. The van der Waals surface area contributed by atoms with E-state index in [1.54, 1.807) is 12.1 Å². The number of fused-ring (bicyclic) bond motifs is 2. The van der Waals surface area contributed by atoms with Crippen LogP contribution in [0.15, 0.2) is 23.1 Å². The van der Waals surface area contributed by atoms with Crippen LogP contribution in [0.4, 0.5) is 0 Å². The fourth-order valence-electron chi connectivity index (χ4n) is 3.55. The average Bonchev–Trinajstić information content (AvgIpc) is 3.07. The fourth-order valence-corrected chi connectivity index (χ4v) is 4.77. The molecule has 1 aliphatic carbocycles. The first kappa shape index (κ1) is 14.9. The second kappa shape index (κ2) is 5.29. The van der Waals surface area contributed by atoms with Crippen LogP contribution in [0.1, 0.15) is 42.1 Å². The summed E-state index contributed by atoms with van der Waals surface area (Å²) in [4.78, 5) is 14.5. The van der Waals surface area contributed by atoms with Gasteiger partial charge in [0.05, 0.1) is 4.90 Å². The number of hydrogen-bond acceptors (Lipinski definition) is 3. The van der Waals surface area contributed by atoms with Crippen LogP contribution in [0.25, 0.3) is 0 Å². The van der Waals surface area contributed by atoms with Crippen LogP contribution in [-0.4, -0.2) is 31.8 Å². The topological polar surface area (TPSA) is 54.5 Å². The highest BCUT2D eigenvalue weighted by atomic mass is 35.7. The molecule has 21 heavy (non-hydrogen) atoms. The molecule has 114 valence electrons. The second-order valence-electron chi connectivity index (χ2n) is 5.90. The molecule has 0 aromatic heterocycles. The van der Waals surface area contributed by atoms with Crippen molar-refractivity contribution in [3.63, 3.8) is 0 Å². The maximum absolute atomic E-state index is 12.6. The third kappa shape index (κ3) is 2.69. The van der Waals surface area contributed by atoms with Crippen molar-refractivity contribution in [2.75, 3.05) is 6.54 Å². The summed E-state index contributed by atoms with van der Waals surface area (Å²) in [5, 5.41) is 0. The van der Waals surface area contributed by atoms with Gasteiger partial charge >= 0.3 is 0 Å². The molecule has 1 aromatic carbocycles. The Morgan fingerprint density at radius 1 is 1.38 bits per heavy atom. The molecule has 2 fully saturated rings. The van der Waals surface area contributed by atoms with Crippen LogP contribution in [0.5, 0.6) is 0 Å². The van der Waals surface area contributed by atoms with Gasteiger partial charge in [-0.1, -0.05) is 13.0 Å². The van der Waals surface area contributed by atoms with Gasteiger partial charge in [-0.2, -0.15) is 0 Å². The Kier molecular flexibility index (Phi) is 3.74. The highest BCUT2D eigenvalue weighted by Gasteiger charge is 2.40. The van der Waals surface area contributed by atoms with E-state index < -0.39 is 9.05 Å². The molecule has 4 nitrogen and oxygen atoms in total. The van der Waals surface area contributed by atoms with E-state index in [4.69, 9.17) is 10.7 Å². The first-order valence-electron chi connectivity index (χ1n) is 7.28. The molecule has 1 aromatic rings. The molecule has 1 heterocycles. The van der Waals surface area contributed by atoms with E-state index in [0.29, 0.717) is 29.5 Å². The fraction of sp³-hybridized carbons (Fsp3) is 0.533. The number of nitrogens with zero attached hydrogens (tertiary/aromatic N) is 1. The molecule has 2 unspecified atom stereocenters. The number of halogens is 1. The first-order chi connectivity index (χ1) is 9.90. The lowest BCUT2D eigenvalue weighted by Crippen LogP contribution is -2.37. The molecule has 0 spiro atoms. The molecule has 0 N–H and O–H groups in total. The Morgan fingerprint density at radius 2 is 2.14 bits per heavy atom. The summed E-state index contributed by atoms with van der Waals surface area (Å²) in [5.74, 6) is 0.538. The van der Waals surface area contributed by atoms with Crippen LogP contribution in [0, 0.1) is 5.92 Å². The third-order valence-electron chi connectivity index (χ3n) is 4.63. The lowest BCUT2D eigenvalue weighted by atomic mass is 10.1. The molecular formula is C15H18ClNO3S. The van der Waals surface area contributed by atoms with E-state index in [2.05, 4.69) is 0 Å². The van der Waals surface area contributed by atoms with E-state index in [0.717, 1.165) is 19.4 Å². The summed E-state index contributed by atoms with van der Waals surface area (Å²) in [5.41, 5.74) is 1.06. The van der Waals surface area contributed by atoms with Crippen molar-refractivity contribution in [3.05, 3.63) is 29.3 Å². The minimum Gasteiger partial charge on any atom is -0.335 e. The third-order valence-corrected chi connectivity index (χ3v) is 6.03. The van der Waals surface area contributed by atoms with Gasteiger partial charge in [-0.25, -0.2) is 8.42 Å². The van der Waals surface area contributed by atoms with Crippen molar-refractivity contribution in [2.45, 2.75) is 43.5 Å². The Hall–Kier alpha value is -1.07. The van der Waals surface area contributed by atoms with E-state index in [-0.39, 0.29) is 10.8 Å². The van der Waals surface area contributed by atoms with Crippen molar-refractivity contribution < 1.29 is 13.2 Å². The summed E-state index contributed by atoms with van der Waals surface area (Å²) in [6, 6.07) is 5.15. The molecule has 2 atom stereocenters. The summed E-state index contributed by atoms with van der Waals surface area (Å²) >= 11 is 0. The molecule has 1 saturated heterocycles. The van der Waals surface area contributed by atoms with E-state index in [9.17, 15) is 13.2 Å². The molecule has 1 aliphatic heterocycles. The van der Waals surface area contributed by atoms with Crippen molar-refractivity contribution in [2.24, 2.45) is 5.92 Å². The number of amides is 1. The minimum atomic E-state index is -3.83. The molecule has 1 saturated carbocycles. The number of rotatable bonds is 3. The van der Waals surface area contributed by atoms with Gasteiger partial charge in [0, 0.05) is 28.8 Å². The summed E-state index contributed by atoms with van der Waals surface area (Å²) < 4.78 is 23.4. The quantitative estimate of drug-likeness (QED) is 0.802. The molecular weight excluding hydrogens is 310 g/mol. The number of likely N-dealkylation sites (tertiary alicyclic amines) is 1. The standard InChI is InChI=1S/C15H18ClNO3S/c1-2-11-4-5-12(8-14(11)21(16,19)20)15(18)17-9-10-3-6-13(17)7-10/h4-5,8,10,13H,2-3,6-7,9H2,1H3. The molecule has 3 rings (SSSR count). The van der Waals surface area contributed by atoms with Gasteiger partial charge in [0.1, 0.15) is 0 Å². The first-order valence-corrected chi connectivity index (χ1v) is 9.59. The number of benzene rings is 1. The average molecular weight is 328 g/mol. The van der Waals surface area contributed by atoms with Crippen LogP contribution in [0.3, 0.4) is 0 Å². The maximum atomic E-state index is 12.6. The number of carbonyl (C=O) groups excluding carboxylic acids is 1. The van der Waals surface area contributed by atoms with Crippen molar-refractivity contribution in [3.8, 4) is 0 Å². The largest absolute Gasteiger partial charge is 0.335 e. The van der Waals surface area contributed by atoms with Crippen molar-refractivity contribution >= 4 is 25.6 Å². The number of aryl methyl sites for hydroxylation is 1. The maximum Gasteiger partial charge on any atom is 0.261 e. The Balaban J connectivity index is 1.94. The van der Waals surface area contributed by atoms with Gasteiger partial charge in [0.2, 0.25) is 0 Å². The molecule has 1 amide bonds. The van der Waals surface area contributed by atoms with Gasteiger partial charge in [-0.3, -0.25) is 4.79 Å². The predicted octanol–water partition coefficient (Wildman–Crippen LogP) is 2.80. The Labute approximate surface area is 129 Å². The van der Waals surface area contributed by atoms with Gasteiger partial charge in [0.25, 0.3) is 15.0 Å². The predicted molar refractivity (Wildman–Crippen MR) is 81.0 cm³/mol. The minimum absolute atomic E-state index is 0.0573. The van der Waals surface area contributed by atoms with E-state index in [1.807, 2.05) is 11.8 Å². The van der Waals surface area contributed by atoms with Crippen molar-refractivity contribution in [1.82, 2.24) is 4.90 Å². The summed E-state index contributed by atoms with van der Waals surface area (Å²) in [6.07, 6.45) is 3.90. The van der Waals surface area contributed by atoms with Crippen LogP contribution >= 0.6 is 10.7 Å². The van der Waals surface area contributed by atoms with Gasteiger partial charge in [-0.05, 0) is 49.3 Å². The van der Waals surface area contributed by atoms with Crippen LogP contribution in [0.2, 0.25) is 0 Å². The normalized spacial score (nSPS) is 24.6. The Morgan fingerprint density at radius 3 is 2.67 bits per heavy atom. The summed E-state index contributed by atoms with van der Waals surface area (Å²) in [6.45, 7) is 2.66. The van der Waals surface area contributed by atoms with Gasteiger partial charge in [-0.15, -0.1) is 0 Å². The number of carbonyl (C=O) groups is 1. The zero-order valence-electron chi connectivity index (χ0n) is 11.9. The molecule has 0 radical (unpaired) electrons. The lowest BCUT2D eigenvalue weighted by Gasteiger charge is -2.27. The zero-order valence-corrected chi connectivity index (χ0v) is 13.5. The number of piperidine rings is 1. The highest BCUT2D eigenvalue weighted by Crippen LogP contribution is 2.38. The molecule has 6 heteroatoms. The second-order valence-corrected chi connectivity index (χ2v) is 8.44. The van der Waals surface area contributed by atoms with Gasteiger partial charge < -0.3 is 4.90 Å². The number of hydrogen-bond donors (Lipinski definition) is 0. The molecule has 2 aliphatic rings. The van der Waals surface area contributed by atoms with Crippen LogP contribution in [-0.2, 0) is 15.5 Å². The smallest absolute Gasteiger partial charge is 0.261 e. The monoisotopic (exact) mass is 327 g/mol.